The number of hydrogen-bond acceptors (Lipinski definition) is 4. The van der Waals surface area contributed by atoms with E-state index in [0.717, 1.165) is 42.5 Å². The van der Waals surface area contributed by atoms with E-state index in [2.05, 4.69) is 16.2 Å². The summed E-state index contributed by atoms with van der Waals surface area (Å²) in [4.78, 5) is 19.2. The van der Waals surface area contributed by atoms with Gasteiger partial charge in [0.15, 0.2) is 5.82 Å². The van der Waals surface area contributed by atoms with Crippen LogP contribution in [0.3, 0.4) is 0 Å². The van der Waals surface area contributed by atoms with Gasteiger partial charge in [0.05, 0.1) is 0 Å². The molecule has 1 aliphatic heterocycles. The number of hydrogen-bond donors (Lipinski definition) is 0. The second-order valence-corrected chi connectivity index (χ2v) is 6.58. The highest BCUT2D eigenvalue weighted by molar-refractivity contribution is 5.83. The first-order valence-corrected chi connectivity index (χ1v) is 8.88. The molecule has 0 radical (unpaired) electrons. The molecule has 3 aromatic rings. The first kappa shape index (κ1) is 15.9. The van der Waals surface area contributed by atoms with E-state index in [9.17, 15) is 4.79 Å². The van der Waals surface area contributed by atoms with Gasteiger partial charge in [-0.05, 0) is 30.4 Å². The fraction of sp³-hybridized carbons (Fsp3) is 0.421. The molecule has 0 bridgehead atoms. The molecule has 1 aromatic carbocycles. The smallest absolute Gasteiger partial charge is 0.242 e. The van der Waals surface area contributed by atoms with Crippen molar-refractivity contribution in [1.82, 2.24) is 19.6 Å². The van der Waals surface area contributed by atoms with E-state index in [1.165, 1.54) is 0 Å². The number of amides is 1. The fourth-order valence-corrected chi connectivity index (χ4v) is 3.52. The van der Waals surface area contributed by atoms with E-state index in [-0.39, 0.29) is 11.8 Å². The van der Waals surface area contributed by atoms with Crippen LogP contribution in [0.5, 0.6) is 0 Å². The van der Waals surface area contributed by atoms with E-state index < -0.39 is 0 Å². The van der Waals surface area contributed by atoms with Crippen molar-refractivity contribution in [3.8, 4) is 0 Å². The molecular weight excluding hydrogens is 316 g/mol. The van der Waals surface area contributed by atoms with E-state index >= 15 is 0 Å². The molecule has 1 saturated heterocycles. The van der Waals surface area contributed by atoms with Crippen LogP contribution in [0.15, 0.2) is 41.1 Å². The standard InChI is InChI=1S/C19H22N4O2/c1-2-17-20-19(21-25-17)15-7-5-10-23(12-15)18(24)13-22-11-9-14-6-3-4-8-16(14)22/h3-4,6,8-9,11,15H,2,5,7,10,12-13H2,1H3. The number of benzene rings is 1. The summed E-state index contributed by atoms with van der Waals surface area (Å²) in [5.74, 6) is 1.71. The van der Waals surface area contributed by atoms with Gasteiger partial charge in [0.1, 0.15) is 6.54 Å². The second kappa shape index (κ2) is 6.70. The molecule has 1 atom stereocenters. The van der Waals surface area contributed by atoms with Gasteiger partial charge in [-0.25, -0.2) is 0 Å². The number of piperidine rings is 1. The van der Waals surface area contributed by atoms with Crippen molar-refractivity contribution in [2.75, 3.05) is 13.1 Å². The molecule has 1 amide bonds. The summed E-state index contributed by atoms with van der Waals surface area (Å²) >= 11 is 0. The zero-order valence-corrected chi connectivity index (χ0v) is 14.4. The van der Waals surface area contributed by atoms with E-state index in [4.69, 9.17) is 4.52 Å². The van der Waals surface area contributed by atoms with Crippen molar-refractivity contribution in [3.63, 3.8) is 0 Å². The van der Waals surface area contributed by atoms with Crippen LogP contribution in [0.2, 0.25) is 0 Å². The molecule has 4 rings (SSSR count). The zero-order chi connectivity index (χ0) is 17.2. The minimum Gasteiger partial charge on any atom is -0.340 e. The lowest BCUT2D eigenvalue weighted by molar-refractivity contribution is -0.133. The Hall–Kier alpha value is -2.63. The normalized spacial score (nSPS) is 18.0. The molecule has 6 heteroatoms. The van der Waals surface area contributed by atoms with Crippen molar-refractivity contribution in [3.05, 3.63) is 48.2 Å². The van der Waals surface area contributed by atoms with Crippen LogP contribution in [0.4, 0.5) is 0 Å². The molecule has 1 unspecified atom stereocenters. The largest absolute Gasteiger partial charge is 0.340 e. The highest BCUT2D eigenvalue weighted by atomic mass is 16.5. The van der Waals surface area contributed by atoms with E-state index in [1.807, 2.05) is 46.9 Å². The summed E-state index contributed by atoms with van der Waals surface area (Å²) in [5, 5.41) is 5.25. The lowest BCUT2D eigenvalue weighted by Gasteiger charge is -2.31. The van der Waals surface area contributed by atoms with Gasteiger partial charge >= 0.3 is 0 Å². The third kappa shape index (κ3) is 3.16. The second-order valence-electron chi connectivity index (χ2n) is 6.58. The summed E-state index contributed by atoms with van der Waals surface area (Å²) < 4.78 is 7.25. The summed E-state index contributed by atoms with van der Waals surface area (Å²) in [6.45, 7) is 3.83. The van der Waals surface area contributed by atoms with Gasteiger partial charge in [0.25, 0.3) is 0 Å². The Kier molecular flexibility index (Phi) is 4.26. The predicted octanol–water partition coefficient (Wildman–Crippen LogP) is 2.99. The van der Waals surface area contributed by atoms with Gasteiger partial charge in [-0.3, -0.25) is 4.79 Å². The van der Waals surface area contributed by atoms with Gasteiger partial charge in [-0.1, -0.05) is 30.3 Å². The van der Waals surface area contributed by atoms with Crippen molar-refractivity contribution >= 4 is 16.8 Å². The lowest BCUT2D eigenvalue weighted by Crippen LogP contribution is -2.41. The van der Waals surface area contributed by atoms with Crippen LogP contribution >= 0.6 is 0 Å². The number of carbonyl (C=O) groups excluding carboxylic acids is 1. The van der Waals surface area contributed by atoms with Crippen LogP contribution in [0, 0.1) is 0 Å². The third-order valence-corrected chi connectivity index (χ3v) is 4.91. The Morgan fingerprint density at radius 1 is 1.32 bits per heavy atom. The predicted molar refractivity (Wildman–Crippen MR) is 94.2 cm³/mol. The SMILES string of the molecule is CCc1nc(C2CCCN(C(=O)Cn3ccc4ccccc43)C2)no1. The average Bonchev–Trinajstić information content (AvgIpc) is 3.29. The highest BCUT2D eigenvalue weighted by Crippen LogP contribution is 2.25. The van der Waals surface area contributed by atoms with Crippen molar-refractivity contribution in [2.45, 2.75) is 38.6 Å². The Balaban J connectivity index is 1.46. The first-order valence-electron chi connectivity index (χ1n) is 8.88. The number of carbonyl (C=O) groups is 1. The maximum absolute atomic E-state index is 12.8. The van der Waals surface area contributed by atoms with Crippen LogP contribution < -0.4 is 0 Å². The maximum atomic E-state index is 12.8. The molecule has 0 saturated carbocycles. The summed E-state index contributed by atoms with van der Waals surface area (Å²) in [7, 11) is 0. The fourth-order valence-electron chi connectivity index (χ4n) is 3.52. The van der Waals surface area contributed by atoms with Gasteiger partial charge in [-0.2, -0.15) is 4.98 Å². The Labute approximate surface area is 146 Å². The van der Waals surface area contributed by atoms with Crippen LogP contribution in [0.25, 0.3) is 10.9 Å². The summed E-state index contributed by atoms with van der Waals surface area (Å²) in [6, 6.07) is 10.2. The lowest BCUT2D eigenvalue weighted by atomic mass is 9.97. The number of likely N-dealkylation sites (tertiary alicyclic amines) is 1. The monoisotopic (exact) mass is 338 g/mol. The summed E-state index contributed by atoms with van der Waals surface area (Å²) in [6.07, 6.45) is 4.69. The number of aromatic nitrogens is 3. The molecule has 25 heavy (non-hydrogen) atoms. The Morgan fingerprint density at radius 3 is 3.04 bits per heavy atom. The van der Waals surface area contributed by atoms with Gasteiger partial charge in [0.2, 0.25) is 11.8 Å². The molecule has 0 spiro atoms. The molecule has 1 fully saturated rings. The topological polar surface area (TPSA) is 64.2 Å². The average molecular weight is 338 g/mol. The van der Waals surface area contributed by atoms with E-state index in [1.54, 1.807) is 0 Å². The minimum atomic E-state index is 0.144. The number of nitrogens with zero attached hydrogens (tertiary/aromatic N) is 4. The zero-order valence-electron chi connectivity index (χ0n) is 14.4. The molecule has 130 valence electrons. The maximum Gasteiger partial charge on any atom is 0.242 e. The number of aryl methyl sites for hydroxylation is 1. The molecule has 2 aromatic heterocycles. The number of para-hydroxylation sites is 1. The Morgan fingerprint density at radius 2 is 2.20 bits per heavy atom. The van der Waals surface area contributed by atoms with Crippen molar-refractivity contribution < 1.29 is 9.32 Å². The van der Waals surface area contributed by atoms with Gasteiger partial charge < -0.3 is 14.0 Å². The number of rotatable bonds is 4. The minimum absolute atomic E-state index is 0.144. The Bertz CT molecular complexity index is 882. The van der Waals surface area contributed by atoms with Crippen LogP contribution in [0.1, 0.15) is 37.4 Å². The first-order chi connectivity index (χ1) is 12.2. The highest BCUT2D eigenvalue weighted by Gasteiger charge is 2.28. The molecule has 0 aliphatic carbocycles. The van der Waals surface area contributed by atoms with E-state index in [0.29, 0.717) is 19.0 Å². The molecular formula is C19H22N4O2. The quantitative estimate of drug-likeness (QED) is 0.733. The van der Waals surface area contributed by atoms with Crippen LogP contribution in [-0.2, 0) is 17.8 Å². The third-order valence-electron chi connectivity index (χ3n) is 4.91. The van der Waals surface area contributed by atoms with Gasteiger partial charge in [-0.15, -0.1) is 0 Å². The van der Waals surface area contributed by atoms with Crippen molar-refractivity contribution in [2.24, 2.45) is 0 Å². The molecule has 3 heterocycles. The number of fused-ring (bicyclic) bond motifs is 1. The molecule has 1 aliphatic rings. The van der Waals surface area contributed by atoms with Crippen LogP contribution in [-0.4, -0.2) is 38.6 Å². The molecule has 6 nitrogen and oxygen atoms in total. The van der Waals surface area contributed by atoms with Crippen molar-refractivity contribution in [1.29, 1.82) is 0 Å². The molecule has 0 N–H and O–H groups in total. The van der Waals surface area contributed by atoms with Gasteiger partial charge in [0, 0.05) is 37.1 Å². The summed E-state index contributed by atoms with van der Waals surface area (Å²) in [5.41, 5.74) is 1.09.